The standard InChI is InChI=1S/C14H24N4/c1-3-17-9-5-4-8-12(17)13-15-14-11(2)7-6-10-18(14)16-13/h11-12H,3-10H2,1-2H3. The lowest BCUT2D eigenvalue weighted by Crippen LogP contribution is -2.33. The topological polar surface area (TPSA) is 34.0 Å². The third-order valence-corrected chi connectivity index (χ3v) is 4.48. The zero-order valence-corrected chi connectivity index (χ0v) is 11.6. The van der Waals surface area contributed by atoms with Crippen molar-refractivity contribution in [2.24, 2.45) is 0 Å². The van der Waals surface area contributed by atoms with Gasteiger partial charge < -0.3 is 0 Å². The highest BCUT2D eigenvalue weighted by Crippen LogP contribution is 2.31. The third kappa shape index (κ3) is 2.07. The molecule has 0 N–H and O–H groups in total. The Labute approximate surface area is 109 Å². The van der Waals surface area contributed by atoms with Crippen molar-refractivity contribution in [2.75, 3.05) is 13.1 Å². The first-order valence-electron chi connectivity index (χ1n) is 7.48. The largest absolute Gasteiger partial charge is 0.294 e. The SMILES string of the molecule is CCN1CCCCC1c1nc2n(n1)CCCC2C. The van der Waals surface area contributed by atoms with E-state index in [9.17, 15) is 0 Å². The second-order valence-electron chi connectivity index (χ2n) is 5.73. The fourth-order valence-electron chi connectivity index (χ4n) is 3.38. The van der Waals surface area contributed by atoms with E-state index in [2.05, 4.69) is 23.4 Å². The van der Waals surface area contributed by atoms with Crippen molar-refractivity contribution in [3.8, 4) is 0 Å². The fourth-order valence-corrected chi connectivity index (χ4v) is 3.38. The van der Waals surface area contributed by atoms with E-state index in [1.165, 1.54) is 44.5 Å². The van der Waals surface area contributed by atoms with Crippen LogP contribution < -0.4 is 0 Å². The second-order valence-corrected chi connectivity index (χ2v) is 5.73. The van der Waals surface area contributed by atoms with Gasteiger partial charge in [-0.25, -0.2) is 9.67 Å². The summed E-state index contributed by atoms with van der Waals surface area (Å²) >= 11 is 0. The van der Waals surface area contributed by atoms with Gasteiger partial charge in [0.15, 0.2) is 5.82 Å². The number of hydrogen-bond donors (Lipinski definition) is 0. The van der Waals surface area contributed by atoms with Gasteiger partial charge in [0.2, 0.25) is 0 Å². The first-order chi connectivity index (χ1) is 8.79. The van der Waals surface area contributed by atoms with Gasteiger partial charge in [-0.15, -0.1) is 0 Å². The Bertz CT molecular complexity index is 412. The van der Waals surface area contributed by atoms with Crippen LogP contribution in [0.2, 0.25) is 0 Å². The van der Waals surface area contributed by atoms with Crippen LogP contribution in [0.5, 0.6) is 0 Å². The van der Waals surface area contributed by atoms with Crippen LogP contribution in [0.25, 0.3) is 0 Å². The minimum atomic E-state index is 0.467. The molecule has 3 heterocycles. The van der Waals surface area contributed by atoms with E-state index in [-0.39, 0.29) is 0 Å². The van der Waals surface area contributed by atoms with Crippen molar-refractivity contribution in [1.29, 1.82) is 0 Å². The van der Waals surface area contributed by atoms with E-state index >= 15 is 0 Å². The normalized spacial score (nSPS) is 29.2. The Balaban J connectivity index is 1.87. The van der Waals surface area contributed by atoms with E-state index in [0.717, 1.165) is 18.9 Å². The Morgan fingerprint density at radius 2 is 2.06 bits per heavy atom. The van der Waals surface area contributed by atoms with Crippen molar-refractivity contribution >= 4 is 0 Å². The van der Waals surface area contributed by atoms with Crippen molar-refractivity contribution in [2.45, 2.75) is 64.5 Å². The molecule has 100 valence electrons. The molecule has 0 aromatic carbocycles. The highest BCUT2D eigenvalue weighted by molar-refractivity contribution is 5.05. The molecular formula is C14H24N4. The summed E-state index contributed by atoms with van der Waals surface area (Å²) in [5.41, 5.74) is 0. The van der Waals surface area contributed by atoms with Gasteiger partial charge in [-0.2, -0.15) is 5.10 Å². The quantitative estimate of drug-likeness (QED) is 0.807. The lowest BCUT2D eigenvalue weighted by atomic mass is 10.0. The van der Waals surface area contributed by atoms with E-state index in [1.807, 2.05) is 0 Å². The molecule has 2 aliphatic rings. The first kappa shape index (κ1) is 12.2. The predicted molar refractivity (Wildman–Crippen MR) is 71.5 cm³/mol. The molecule has 1 aromatic heterocycles. The minimum Gasteiger partial charge on any atom is -0.294 e. The Morgan fingerprint density at radius 3 is 2.83 bits per heavy atom. The Kier molecular flexibility index (Phi) is 3.37. The van der Waals surface area contributed by atoms with Gasteiger partial charge in [0.1, 0.15) is 5.82 Å². The van der Waals surface area contributed by atoms with Crippen LogP contribution in [-0.4, -0.2) is 32.8 Å². The number of aryl methyl sites for hydroxylation is 1. The third-order valence-electron chi connectivity index (χ3n) is 4.48. The molecule has 4 nitrogen and oxygen atoms in total. The summed E-state index contributed by atoms with van der Waals surface area (Å²) in [4.78, 5) is 7.40. The summed E-state index contributed by atoms with van der Waals surface area (Å²) < 4.78 is 2.16. The van der Waals surface area contributed by atoms with Gasteiger partial charge in [0, 0.05) is 12.5 Å². The first-order valence-corrected chi connectivity index (χ1v) is 7.48. The fraction of sp³-hybridized carbons (Fsp3) is 0.857. The van der Waals surface area contributed by atoms with Gasteiger partial charge in [-0.3, -0.25) is 4.90 Å². The summed E-state index contributed by atoms with van der Waals surface area (Å²) in [5, 5.41) is 4.79. The summed E-state index contributed by atoms with van der Waals surface area (Å²) in [6, 6.07) is 0.467. The maximum absolute atomic E-state index is 4.86. The number of fused-ring (bicyclic) bond motifs is 1. The van der Waals surface area contributed by atoms with Gasteiger partial charge >= 0.3 is 0 Å². The minimum absolute atomic E-state index is 0.467. The van der Waals surface area contributed by atoms with Gasteiger partial charge in [0.05, 0.1) is 6.04 Å². The number of aromatic nitrogens is 3. The molecule has 0 radical (unpaired) electrons. The smallest absolute Gasteiger partial charge is 0.168 e. The summed E-state index contributed by atoms with van der Waals surface area (Å²) in [6.07, 6.45) is 6.39. The van der Waals surface area contributed by atoms with Crippen molar-refractivity contribution in [3.63, 3.8) is 0 Å². The van der Waals surface area contributed by atoms with Crippen molar-refractivity contribution in [3.05, 3.63) is 11.6 Å². The lowest BCUT2D eigenvalue weighted by molar-refractivity contribution is 0.150. The van der Waals surface area contributed by atoms with Crippen LogP contribution in [0.1, 0.15) is 69.6 Å². The maximum atomic E-state index is 4.86. The molecule has 1 saturated heterocycles. The molecule has 4 heteroatoms. The van der Waals surface area contributed by atoms with Crippen molar-refractivity contribution in [1.82, 2.24) is 19.7 Å². The highest BCUT2D eigenvalue weighted by Gasteiger charge is 2.29. The molecule has 18 heavy (non-hydrogen) atoms. The molecule has 0 amide bonds. The molecule has 2 aliphatic heterocycles. The van der Waals surface area contributed by atoms with Crippen LogP contribution in [0.3, 0.4) is 0 Å². The zero-order chi connectivity index (χ0) is 12.5. The number of likely N-dealkylation sites (tertiary alicyclic amines) is 1. The van der Waals surface area contributed by atoms with E-state index < -0.39 is 0 Å². The molecule has 0 aliphatic carbocycles. The molecule has 1 fully saturated rings. The molecule has 2 unspecified atom stereocenters. The Morgan fingerprint density at radius 1 is 1.17 bits per heavy atom. The summed E-state index contributed by atoms with van der Waals surface area (Å²) in [5.74, 6) is 2.89. The summed E-state index contributed by atoms with van der Waals surface area (Å²) in [7, 11) is 0. The second kappa shape index (κ2) is 5.00. The zero-order valence-electron chi connectivity index (χ0n) is 11.6. The van der Waals surface area contributed by atoms with Crippen LogP contribution in [0.15, 0.2) is 0 Å². The number of rotatable bonds is 2. The van der Waals surface area contributed by atoms with E-state index in [1.54, 1.807) is 0 Å². The average molecular weight is 248 g/mol. The average Bonchev–Trinajstić information content (AvgIpc) is 2.84. The molecular weight excluding hydrogens is 224 g/mol. The maximum Gasteiger partial charge on any atom is 0.168 e. The highest BCUT2D eigenvalue weighted by atomic mass is 15.4. The van der Waals surface area contributed by atoms with Gasteiger partial charge in [0.25, 0.3) is 0 Å². The monoisotopic (exact) mass is 248 g/mol. The lowest BCUT2D eigenvalue weighted by Gasteiger charge is -2.32. The molecule has 0 spiro atoms. The number of nitrogens with zero attached hydrogens (tertiary/aromatic N) is 4. The molecule has 2 atom stereocenters. The van der Waals surface area contributed by atoms with Crippen LogP contribution in [0.4, 0.5) is 0 Å². The van der Waals surface area contributed by atoms with Crippen LogP contribution in [0, 0.1) is 0 Å². The summed E-state index contributed by atoms with van der Waals surface area (Å²) in [6.45, 7) is 7.91. The van der Waals surface area contributed by atoms with Crippen LogP contribution in [-0.2, 0) is 6.54 Å². The van der Waals surface area contributed by atoms with Crippen LogP contribution >= 0.6 is 0 Å². The molecule has 3 rings (SSSR count). The molecule has 0 saturated carbocycles. The van der Waals surface area contributed by atoms with Gasteiger partial charge in [-0.05, 0) is 38.8 Å². The van der Waals surface area contributed by atoms with Gasteiger partial charge in [-0.1, -0.05) is 20.3 Å². The molecule has 0 bridgehead atoms. The predicted octanol–water partition coefficient (Wildman–Crippen LogP) is 2.72. The molecule has 1 aromatic rings. The Hall–Kier alpha value is -0.900. The number of piperidine rings is 1. The van der Waals surface area contributed by atoms with E-state index in [4.69, 9.17) is 10.1 Å². The van der Waals surface area contributed by atoms with Crippen molar-refractivity contribution < 1.29 is 0 Å². The van der Waals surface area contributed by atoms with E-state index in [0.29, 0.717) is 12.0 Å². The number of hydrogen-bond acceptors (Lipinski definition) is 3.